The van der Waals surface area contributed by atoms with E-state index in [1.807, 2.05) is 0 Å². The molecule has 0 bridgehead atoms. The fourth-order valence-corrected chi connectivity index (χ4v) is 3.42. The third kappa shape index (κ3) is 3.00. The molecule has 2 rings (SSSR count). The van der Waals surface area contributed by atoms with Gasteiger partial charge < -0.3 is 10.6 Å². The second kappa shape index (κ2) is 5.37. The monoisotopic (exact) mass is 235 g/mol. The fraction of sp³-hybridized carbons (Fsp3) is 0.929. The van der Waals surface area contributed by atoms with Crippen LogP contribution in [0.1, 0.15) is 44.9 Å². The summed E-state index contributed by atoms with van der Waals surface area (Å²) in [7, 11) is 2.23. The molecular weight excluding hydrogens is 210 g/mol. The summed E-state index contributed by atoms with van der Waals surface area (Å²) in [6, 6.07) is 3.01. The SMILES string of the molecule is CN(CC1(CC#N)CC1)C1CCCCC1CN. The van der Waals surface area contributed by atoms with Crippen molar-refractivity contribution in [1.29, 1.82) is 5.26 Å². The topological polar surface area (TPSA) is 53.0 Å². The van der Waals surface area contributed by atoms with Crippen molar-refractivity contribution in [1.82, 2.24) is 4.90 Å². The van der Waals surface area contributed by atoms with Gasteiger partial charge in [0.05, 0.1) is 6.07 Å². The first-order valence-corrected chi connectivity index (χ1v) is 6.98. The third-order valence-corrected chi connectivity index (χ3v) is 4.73. The molecule has 0 amide bonds. The summed E-state index contributed by atoms with van der Waals surface area (Å²) in [5.41, 5.74) is 6.22. The van der Waals surface area contributed by atoms with Crippen LogP contribution >= 0.6 is 0 Å². The summed E-state index contributed by atoms with van der Waals surface area (Å²) in [4.78, 5) is 2.50. The van der Waals surface area contributed by atoms with Crippen molar-refractivity contribution in [2.45, 2.75) is 51.0 Å². The molecule has 2 aliphatic rings. The van der Waals surface area contributed by atoms with Gasteiger partial charge in [-0.2, -0.15) is 5.26 Å². The molecule has 0 aromatic rings. The molecule has 3 heteroatoms. The van der Waals surface area contributed by atoms with Gasteiger partial charge in [-0.25, -0.2) is 0 Å². The lowest BCUT2D eigenvalue weighted by atomic mass is 9.83. The van der Waals surface area contributed by atoms with E-state index in [-0.39, 0.29) is 0 Å². The maximum Gasteiger partial charge on any atom is 0.0628 e. The molecule has 17 heavy (non-hydrogen) atoms. The summed E-state index contributed by atoms with van der Waals surface area (Å²) in [6.07, 6.45) is 8.48. The van der Waals surface area contributed by atoms with Gasteiger partial charge in [0.15, 0.2) is 0 Å². The van der Waals surface area contributed by atoms with E-state index >= 15 is 0 Å². The predicted molar refractivity (Wildman–Crippen MR) is 69.3 cm³/mol. The summed E-state index contributed by atoms with van der Waals surface area (Å²) in [5.74, 6) is 0.673. The van der Waals surface area contributed by atoms with Crippen LogP contribution in [-0.2, 0) is 0 Å². The predicted octanol–water partition coefficient (Wildman–Crippen LogP) is 2.13. The van der Waals surface area contributed by atoms with Crippen LogP contribution in [0.5, 0.6) is 0 Å². The van der Waals surface area contributed by atoms with Crippen LogP contribution < -0.4 is 5.73 Å². The molecule has 2 N–H and O–H groups in total. The quantitative estimate of drug-likeness (QED) is 0.794. The average molecular weight is 235 g/mol. The maximum atomic E-state index is 8.87. The van der Waals surface area contributed by atoms with Crippen molar-refractivity contribution < 1.29 is 0 Å². The molecule has 0 spiro atoms. The van der Waals surface area contributed by atoms with Gasteiger partial charge in [0.25, 0.3) is 0 Å². The molecule has 0 aromatic heterocycles. The second-order valence-electron chi connectivity index (χ2n) is 6.10. The lowest BCUT2D eigenvalue weighted by molar-refractivity contribution is 0.112. The van der Waals surface area contributed by atoms with E-state index in [4.69, 9.17) is 11.0 Å². The van der Waals surface area contributed by atoms with Crippen molar-refractivity contribution in [2.75, 3.05) is 20.1 Å². The normalized spacial score (nSPS) is 31.2. The lowest BCUT2D eigenvalue weighted by Crippen LogP contribution is -2.45. The Morgan fingerprint density at radius 3 is 2.65 bits per heavy atom. The van der Waals surface area contributed by atoms with Gasteiger partial charge in [-0.15, -0.1) is 0 Å². The zero-order valence-corrected chi connectivity index (χ0v) is 11.0. The van der Waals surface area contributed by atoms with Crippen LogP contribution in [0.15, 0.2) is 0 Å². The van der Waals surface area contributed by atoms with Crippen molar-refractivity contribution in [3.05, 3.63) is 0 Å². The Hall–Kier alpha value is -0.590. The minimum atomic E-state index is 0.333. The zero-order valence-electron chi connectivity index (χ0n) is 11.0. The van der Waals surface area contributed by atoms with Gasteiger partial charge >= 0.3 is 0 Å². The molecule has 2 unspecified atom stereocenters. The molecular formula is C14H25N3. The molecule has 0 aliphatic heterocycles. The van der Waals surface area contributed by atoms with E-state index in [2.05, 4.69) is 18.0 Å². The number of hydrogen-bond donors (Lipinski definition) is 1. The Balaban J connectivity index is 1.90. The lowest BCUT2D eigenvalue weighted by Gasteiger charge is -2.39. The molecule has 0 radical (unpaired) electrons. The summed E-state index contributed by atoms with van der Waals surface area (Å²) in [6.45, 7) is 1.92. The van der Waals surface area contributed by atoms with Crippen LogP contribution in [0.25, 0.3) is 0 Å². The molecule has 0 saturated heterocycles. The molecule has 2 aliphatic carbocycles. The first-order valence-electron chi connectivity index (χ1n) is 6.98. The molecule has 2 fully saturated rings. The zero-order chi connectivity index (χ0) is 12.3. The first kappa shape index (κ1) is 12.9. The number of nitrogens with zero attached hydrogens (tertiary/aromatic N) is 2. The van der Waals surface area contributed by atoms with E-state index < -0.39 is 0 Å². The average Bonchev–Trinajstić information content (AvgIpc) is 3.09. The van der Waals surface area contributed by atoms with Gasteiger partial charge in [-0.05, 0) is 50.6 Å². The molecule has 2 atom stereocenters. The Morgan fingerprint density at radius 2 is 2.06 bits per heavy atom. The molecule has 96 valence electrons. The van der Waals surface area contributed by atoms with Crippen molar-refractivity contribution in [3.63, 3.8) is 0 Å². The highest BCUT2D eigenvalue weighted by Gasteiger charge is 2.44. The van der Waals surface area contributed by atoms with Crippen molar-refractivity contribution >= 4 is 0 Å². The molecule has 3 nitrogen and oxygen atoms in total. The van der Waals surface area contributed by atoms with Crippen LogP contribution in [-0.4, -0.2) is 31.1 Å². The maximum absolute atomic E-state index is 8.87. The highest BCUT2D eigenvalue weighted by Crippen LogP contribution is 2.49. The Bertz CT molecular complexity index is 290. The number of rotatable bonds is 5. The van der Waals surface area contributed by atoms with Crippen LogP contribution in [0.4, 0.5) is 0 Å². The number of nitrogens with two attached hydrogens (primary N) is 1. The van der Waals surface area contributed by atoms with Crippen molar-refractivity contribution in [2.24, 2.45) is 17.1 Å². The molecule has 0 heterocycles. The van der Waals surface area contributed by atoms with Gasteiger partial charge in [-0.3, -0.25) is 0 Å². The highest BCUT2D eigenvalue weighted by atomic mass is 15.1. The van der Waals surface area contributed by atoms with Gasteiger partial charge in [0.2, 0.25) is 0 Å². The molecule has 2 saturated carbocycles. The smallest absolute Gasteiger partial charge is 0.0628 e. The minimum absolute atomic E-state index is 0.333. The van der Waals surface area contributed by atoms with E-state index in [0.717, 1.165) is 19.5 Å². The second-order valence-corrected chi connectivity index (χ2v) is 6.10. The highest BCUT2D eigenvalue weighted by molar-refractivity contribution is 5.01. The van der Waals surface area contributed by atoms with E-state index in [1.165, 1.54) is 38.5 Å². The van der Waals surface area contributed by atoms with Crippen LogP contribution in [0.3, 0.4) is 0 Å². The van der Waals surface area contributed by atoms with Crippen LogP contribution in [0, 0.1) is 22.7 Å². The first-order chi connectivity index (χ1) is 8.21. The molecule has 0 aromatic carbocycles. The summed E-state index contributed by atoms with van der Waals surface area (Å²) < 4.78 is 0. The van der Waals surface area contributed by atoms with Crippen molar-refractivity contribution in [3.8, 4) is 6.07 Å². The van der Waals surface area contributed by atoms with Gasteiger partial charge in [0.1, 0.15) is 0 Å². The largest absolute Gasteiger partial charge is 0.330 e. The fourth-order valence-electron chi connectivity index (χ4n) is 3.42. The van der Waals surface area contributed by atoms with E-state index in [9.17, 15) is 0 Å². The number of hydrogen-bond acceptors (Lipinski definition) is 3. The standard InChI is InChI=1S/C14H25N3/c1-17(11-14(6-7-14)8-9-15)13-5-3-2-4-12(13)10-16/h12-13H,2-8,10-11,16H2,1H3. The third-order valence-electron chi connectivity index (χ3n) is 4.73. The Kier molecular flexibility index (Phi) is 4.06. The van der Waals surface area contributed by atoms with Gasteiger partial charge in [0, 0.05) is 19.0 Å². The number of nitriles is 1. The van der Waals surface area contributed by atoms with Crippen LogP contribution in [0.2, 0.25) is 0 Å². The van der Waals surface area contributed by atoms with E-state index in [1.54, 1.807) is 0 Å². The Morgan fingerprint density at radius 1 is 1.35 bits per heavy atom. The Labute approximate surface area is 105 Å². The summed E-state index contributed by atoms with van der Waals surface area (Å²) >= 11 is 0. The minimum Gasteiger partial charge on any atom is -0.330 e. The summed E-state index contributed by atoms with van der Waals surface area (Å²) in [5, 5.41) is 8.87. The van der Waals surface area contributed by atoms with E-state index in [0.29, 0.717) is 17.4 Å². The van der Waals surface area contributed by atoms with Gasteiger partial charge in [-0.1, -0.05) is 12.8 Å².